The first-order valence-electron chi connectivity index (χ1n) is 5.02. The molecule has 0 spiro atoms. The predicted molar refractivity (Wildman–Crippen MR) is 65.3 cm³/mol. The Morgan fingerprint density at radius 1 is 1.00 bits per heavy atom. The van der Waals surface area contributed by atoms with E-state index in [1.54, 1.807) is 18.2 Å². The number of nitrogen functional groups attached to an aromatic ring is 1. The predicted octanol–water partition coefficient (Wildman–Crippen LogP) is 2.68. The molecule has 0 aliphatic rings. The number of phenolic OH excluding ortho intramolecular Hbond substituents is 1. The summed E-state index contributed by atoms with van der Waals surface area (Å²) in [7, 11) is 0. The van der Waals surface area contributed by atoms with E-state index in [1.807, 2.05) is 24.3 Å². The van der Waals surface area contributed by atoms with E-state index in [1.165, 1.54) is 0 Å². The number of aromatic hydroxyl groups is 1. The lowest BCUT2D eigenvalue weighted by Crippen LogP contribution is -1.89. The lowest BCUT2D eigenvalue weighted by molar-refractivity contribution is 0.476. The summed E-state index contributed by atoms with van der Waals surface area (Å²) in [5.41, 5.74) is 8.32. The van der Waals surface area contributed by atoms with Crippen LogP contribution in [0.25, 0.3) is 21.8 Å². The molecule has 0 radical (unpaired) electrons. The molecule has 78 valence electrons. The molecule has 3 aromatic rings. The minimum Gasteiger partial charge on any atom is -0.508 e. The van der Waals surface area contributed by atoms with E-state index < -0.39 is 0 Å². The Morgan fingerprint density at radius 2 is 1.88 bits per heavy atom. The molecule has 3 nitrogen and oxygen atoms in total. The van der Waals surface area contributed by atoms with Crippen molar-refractivity contribution in [2.45, 2.75) is 0 Å². The molecule has 0 aliphatic heterocycles. The number of hydrogen-bond acceptors (Lipinski definition) is 3. The van der Waals surface area contributed by atoms with Crippen molar-refractivity contribution in [3.05, 3.63) is 42.5 Å². The maximum Gasteiger partial charge on any atom is 0.116 e. The van der Waals surface area contributed by atoms with E-state index >= 15 is 0 Å². The minimum absolute atomic E-state index is 0.239. The van der Waals surface area contributed by atoms with Crippen LogP contribution in [0, 0.1) is 0 Å². The lowest BCUT2D eigenvalue weighted by Gasteiger charge is -2.04. The van der Waals surface area contributed by atoms with Gasteiger partial charge in [-0.15, -0.1) is 0 Å². The van der Waals surface area contributed by atoms with Crippen molar-refractivity contribution in [3.63, 3.8) is 0 Å². The second-order valence-corrected chi connectivity index (χ2v) is 3.78. The molecule has 0 saturated carbocycles. The molecule has 0 bridgehead atoms. The topological polar surface area (TPSA) is 59.1 Å². The molecule has 3 rings (SSSR count). The molecule has 2 aromatic carbocycles. The number of aromatic nitrogens is 1. The van der Waals surface area contributed by atoms with Crippen molar-refractivity contribution in [2.75, 3.05) is 5.73 Å². The summed E-state index contributed by atoms with van der Waals surface area (Å²) in [6.07, 6.45) is 0. The third kappa shape index (κ3) is 1.26. The average Bonchev–Trinajstić information content (AvgIpc) is 2.28. The van der Waals surface area contributed by atoms with Crippen molar-refractivity contribution in [3.8, 4) is 5.75 Å². The van der Waals surface area contributed by atoms with Crippen LogP contribution < -0.4 is 5.73 Å². The number of rotatable bonds is 0. The highest BCUT2D eigenvalue weighted by atomic mass is 16.3. The van der Waals surface area contributed by atoms with Crippen molar-refractivity contribution in [1.29, 1.82) is 0 Å². The molecule has 16 heavy (non-hydrogen) atoms. The number of anilines is 1. The molecule has 3 heteroatoms. The van der Waals surface area contributed by atoms with Gasteiger partial charge in [0, 0.05) is 16.5 Å². The van der Waals surface area contributed by atoms with Gasteiger partial charge in [-0.3, -0.25) is 0 Å². The van der Waals surface area contributed by atoms with Gasteiger partial charge in [-0.25, -0.2) is 4.98 Å². The maximum absolute atomic E-state index is 9.41. The first kappa shape index (κ1) is 8.97. The summed E-state index contributed by atoms with van der Waals surface area (Å²) in [6.45, 7) is 0. The van der Waals surface area contributed by atoms with Gasteiger partial charge in [0.1, 0.15) is 5.75 Å². The largest absolute Gasteiger partial charge is 0.508 e. The summed E-state index contributed by atoms with van der Waals surface area (Å²) in [6, 6.07) is 12.7. The molecule has 0 fully saturated rings. The molecule has 0 amide bonds. The van der Waals surface area contributed by atoms with Gasteiger partial charge in [0.2, 0.25) is 0 Å². The Hall–Kier alpha value is -2.29. The van der Waals surface area contributed by atoms with E-state index in [0.717, 1.165) is 21.8 Å². The molecule has 3 N–H and O–H groups in total. The van der Waals surface area contributed by atoms with Gasteiger partial charge < -0.3 is 10.8 Å². The first-order chi connectivity index (χ1) is 7.74. The van der Waals surface area contributed by atoms with Gasteiger partial charge in [0.25, 0.3) is 0 Å². The Bertz CT molecular complexity index is 692. The third-order valence-corrected chi connectivity index (χ3v) is 2.67. The fourth-order valence-corrected chi connectivity index (χ4v) is 1.87. The summed E-state index contributed by atoms with van der Waals surface area (Å²) in [4.78, 5) is 4.49. The van der Waals surface area contributed by atoms with E-state index in [-0.39, 0.29) is 5.75 Å². The molecule has 0 aliphatic carbocycles. The normalized spacial score (nSPS) is 11.0. The van der Waals surface area contributed by atoms with Crippen LogP contribution in [0.15, 0.2) is 42.5 Å². The average molecular weight is 210 g/mol. The second kappa shape index (κ2) is 3.10. The van der Waals surface area contributed by atoms with Gasteiger partial charge in [0.15, 0.2) is 0 Å². The van der Waals surface area contributed by atoms with Gasteiger partial charge in [-0.05, 0) is 36.4 Å². The van der Waals surface area contributed by atoms with Crippen LogP contribution in [0.2, 0.25) is 0 Å². The summed E-state index contributed by atoms with van der Waals surface area (Å²) >= 11 is 0. The summed E-state index contributed by atoms with van der Waals surface area (Å²) in [5, 5.41) is 11.2. The Morgan fingerprint density at radius 3 is 2.75 bits per heavy atom. The standard InChI is InChI=1S/C13H10N2O/c14-11-2-1-3-13-10(11)7-8-6-9(16)4-5-12(8)15-13/h1-7,16H,14H2. The van der Waals surface area contributed by atoms with Crippen molar-refractivity contribution >= 4 is 27.5 Å². The van der Waals surface area contributed by atoms with Crippen LogP contribution in [-0.2, 0) is 0 Å². The summed E-state index contributed by atoms with van der Waals surface area (Å²) in [5.74, 6) is 0.239. The highest BCUT2D eigenvalue weighted by Crippen LogP contribution is 2.26. The SMILES string of the molecule is Nc1cccc2nc3ccc(O)cc3cc12. The first-order valence-corrected chi connectivity index (χ1v) is 5.02. The number of phenols is 1. The highest BCUT2D eigenvalue weighted by molar-refractivity contribution is 5.98. The van der Waals surface area contributed by atoms with Crippen LogP contribution in [0.5, 0.6) is 5.75 Å². The van der Waals surface area contributed by atoms with E-state index in [9.17, 15) is 5.11 Å². The summed E-state index contributed by atoms with van der Waals surface area (Å²) < 4.78 is 0. The zero-order valence-corrected chi connectivity index (χ0v) is 8.51. The minimum atomic E-state index is 0.239. The fraction of sp³-hybridized carbons (Fsp3) is 0. The van der Waals surface area contributed by atoms with E-state index in [0.29, 0.717) is 5.69 Å². The molecular formula is C13H10N2O. The third-order valence-electron chi connectivity index (χ3n) is 2.67. The quantitative estimate of drug-likeness (QED) is 0.443. The monoisotopic (exact) mass is 210 g/mol. The van der Waals surface area contributed by atoms with Gasteiger partial charge in [0.05, 0.1) is 11.0 Å². The van der Waals surface area contributed by atoms with Crippen LogP contribution in [0.3, 0.4) is 0 Å². The molecule has 0 atom stereocenters. The maximum atomic E-state index is 9.41. The highest BCUT2D eigenvalue weighted by Gasteiger charge is 2.02. The molecule has 0 saturated heterocycles. The van der Waals surface area contributed by atoms with Gasteiger partial charge in [-0.1, -0.05) is 6.07 Å². The number of benzene rings is 2. The molecule has 0 unspecified atom stereocenters. The molecule has 1 heterocycles. The van der Waals surface area contributed by atoms with Crippen LogP contribution in [0.1, 0.15) is 0 Å². The van der Waals surface area contributed by atoms with Crippen LogP contribution in [0.4, 0.5) is 5.69 Å². The fourth-order valence-electron chi connectivity index (χ4n) is 1.87. The lowest BCUT2D eigenvalue weighted by atomic mass is 10.1. The Labute approximate surface area is 92.1 Å². The molecular weight excluding hydrogens is 200 g/mol. The second-order valence-electron chi connectivity index (χ2n) is 3.78. The number of hydrogen-bond donors (Lipinski definition) is 2. The number of nitrogens with zero attached hydrogens (tertiary/aromatic N) is 1. The Balaban J connectivity index is 2.49. The number of nitrogens with two attached hydrogens (primary N) is 1. The van der Waals surface area contributed by atoms with Crippen LogP contribution >= 0.6 is 0 Å². The van der Waals surface area contributed by atoms with Gasteiger partial charge >= 0.3 is 0 Å². The zero-order chi connectivity index (χ0) is 11.1. The molecule has 1 aromatic heterocycles. The number of pyridine rings is 1. The Kier molecular flexibility index (Phi) is 1.74. The van der Waals surface area contributed by atoms with Crippen LogP contribution in [-0.4, -0.2) is 10.1 Å². The van der Waals surface area contributed by atoms with Crippen molar-refractivity contribution in [1.82, 2.24) is 4.98 Å². The van der Waals surface area contributed by atoms with Crippen molar-refractivity contribution < 1.29 is 5.11 Å². The zero-order valence-electron chi connectivity index (χ0n) is 8.51. The van der Waals surface area contributed by atoms with E-state index in [4.69, 9.17) is 5.73 Å². The number of fused-ring (bicyclic) bond motifs is 2. The van der Waals surface area contributed by atoms with Gasteiger partial charge in [-0.2, -0.15) is 0 Å². The van der Waals surface area contributed by atoms with E-state index in [2.05, 4.69) is 4.98 Å². The van der Waals surface area contributed by atoms with Crippen molar-refractivity contribution in [2.24, 2.45) is 0 Å². The smallest absolute Gasteiger partial charge is 0.116 e.